The first-order valence-electron chi connectivity index (χ1n) is 2.51. The summed E-state index contributed by atoms with van der Waals surface area (Å²) in [5.74, 6) is 0.564. The van der Waals surface area contributed by atoms with E-state index in [1.165, 1.54) is 0 Å². The van der Waals surface area contributed by atoms with E-state index in [4.69, 9.17) is 16.3 Å². The predicted octanol–water partition coefficient (Wildman–Crippen LogP) is 2.23. The lowest BCUT2D eigenvalue weighted by Gasteiger charge is -2.04. The number of hydrogen-bond acceptors (Lipinski definition) is 1. The van der Waals surface area contributed by atoms with Gasteiger partial charge in [0.1, 0.15) is 6.07 Å². The van der Waals surface area contributed by atoms with E-state index in [9.17, 15) is 0 Å². The van der Waals surface area contributed by atoms with Crippen LogP contribution in [0, 0.1) is 5.92 Å². The highest BCUT2D eigenvalue weighted by Gasteiger charge is 1.96. The lowest BCUT2D eigenvalue weighted by molar-refractivity contribution is 0.151. The van der Waals surface area contributed by atoms with Crippen LogP contribution in [0.15, 0.2) is 0 Å². The van der Waals surface area contributed by atoms with Gasteiger partial charge in [-0.15, -0.1) is 0 Å². The van der Waals surface area contributed by atoms with E-state index in [1.807, 2.05) is 0 Å². The highest BCUT2D eigenvalue weighted by molar-refractivity contribution is 9.09. The minimum atomic E-state index is 0.303. The molecule has 1 nitrogen and oxygen atoms in total. The smallest absolute Gasteiger partial charge is 0.120 e. The number of ether oxygens (including phenoxy) is 1. The summed E-state index contributed by atoms with van der Waals surface area (Å²) in [6.07, 6.45) is 0. The normalized spacial score (nSPS) is 13.9. The van der Waals surface area contributed by atoms with Gasteiger partial charge >= 0.3 is 0 Å². The second-order valence-electron chi connectivity index (χ2n) is 1.74. The van der Waals surface area contributed by atoms with Crippen LogP contribution in [0.25, 0.3) is 0 Å². The third-order valence-corrected chi connectivity index (χ3v) is 2.00. The third kappa shape index (κ3) is 4.88. The zero-order valence-electron chi connectivity index (χ0n) is 4.86. The number of rotatable bonds is 4. The average Bonchev–Trinajstić information content (AvgIpc) is 1.83. The Balaban J connectivity index is 2.86. The number of hydrogen-bond donors (Lipinski definition) is 0. The van der Waals surface area contributed by atoms with Crippen LogP contribution in [-0.2, 0) is 4.74 Å². The summed E-state index contributed by atoms with van der Waals surface area (Å²) in [6.45, 7) is 2.84. The van der Waals surface area contributed by atoms with E-state index in [1.54, 1.807) is 0 Å². The molecule has 1 atom stereocenters. The molecule has 0 aromatic rings. The zero-order chi connectivity index (χ0) is 6.41. The Morgan fingerprint density at radius 3 is 2.75 bits per heavy atom. The van der Waals surface area contributed by atoms with Crippen LogP contribution in [0.4, 0.5) is 0 Å². The molecule has 0 aliphatic carbocycles. The molecule has 0 radical (unpaired) electrons. The summed E-state index contributed by atoms with van der Waals surface area (Å²) >= 11 is 8.59. The molecule has 0 aliphatic heterocycles. The maximum Gasteiger partial charge on any atom is 0.120 e. The van der Waals surface area contributed by atoms with Crippen molar-refractivity contribution in [3.63, 3.8) is 0 Å². The summed E-state index contributed by atoms with van der Waals surface area (Å²) in [6, 6.07) is 0.303. The van der Waals surface area contributed by atoms with E-state index in [2.05, 4.69) is 22.9 Å². The molecule has 0 N–H and O–H groups in total. The quantitative estimate of drug-likeness (QED) is 0.634. The standard InChI is InChI=1S/C5H10BrClO/c1-5(2-6)3-8-4-7/h5H,2-4H2,1H3. The Morgan fingerprint density at radius 2 is 2.38 bits per heavy atom. The van der Waals surface area contributed by atoms with Crippen molar-refractivity contribution >= 4 is 27.5 Å². The van der Waals surface area contributed by atoms with Gasteiger partial charge in [-0.1, -0.05) is 34.5 Å². The van der Waals surface area contributed by atoms with Crippen LogP contribution in [0.1, 0.15) is 6.92 Å². The van der Waals surface area contributed by atoms with Crippen molar-refractivity contribution < 1.29 is 4.74 Å². The van der Waals surface area contributed by atoms with Crippen molar-refractivity contribution in [1.82, 2.24) is 0 Å². The van der Waals surface area contributed by atoms with E-state index < -0.39 is 0 Å². The molecule has 0 fully saturated rings. The van der Waals surface area contributed by atoms with Gasteiger partial charge in [0.05, 0.1) is 6.61 Å². The molecule has 0 heterocycles. The van der Waals surface area contributed by atoms with E-state index in [0.29, 0.717) is 12.0 Å². The van der Waals surface area contributed by atoms with Crippen LogP contribution in [0.5, 0.6) is 0 Å². The zero-order valence-corrected chi connectivity index (χ0v) is 7.20. The van der Waals surface area contributed by atoms with E-state index >= 15 is 0 Å². The summed E-state index contributed by atoms with van der Waals surface area (Å²) in [5.41, 5.74) is 0. The minimum absolute atomic E-state index is 0.303. The highest BCUT2D eigenvalue weighted by atomic mass is 79.9. The Morgan fingerprint density at radius 1 is 1.75 bits per heavy atom. The predicted molar refractivity (Wildman–Crippen MR) is 39.6 cm³/mol. The van der Waals surface area contributed by atoms with Gasteiger partial charge in [-0.3, -0.25) is 0 Å². The van der Waals surface area contributed by atoms with Crippen LogP contribution < -0.4 is 0 Å². The van der Waals surface area contributed by atoms with Gasteiger partial charge in [0, 0.05) is 5.33 Å². The topological polar surface area (TPSA) is 9.23 Å². The van der Waals surface area contributed by atoms with Gasteiger partial charge in [0.2, 0.25) is 0 Å². The largest absolute Gasteiger partial charge is 0.365 e. The molecule has 0 aromatic heterocycles. The molecule has 1 unspecified atom stereocenters. The lowest BCUT2D eigenvalue weighted by Crippen LogP contribution is -2.05. The third-order valence-electron chi connectivity index (χ3n) is 0.743. The first-order chi connectivity index (χ1) is 3.81. The van der Waals surface area contributed by atoms with Gasteiger partial charge in [-0.05, 0) is 5.92 Å². The van der Waals surface area contributed by atoms with Gasteiger partial charge < -0.3 is 4.74 Å². The Kier molecular flexibility index (Phi) is 6.39. The molecule has 0 amide bonds. The van der Waals surface area contributed by atoms with E-state index in [-0.39, 0.29) is 0 Å². The SMILES string of the molecule is CC(CBr)COCCl. The second-order valence-corrected chi connectivity index (χ2v) is 2.61. The summed E-state index contributed by atoms with van der Waals surface area (Å²) in [7, 11) is 0. The van der Waals surface area contributed by atoms with Crippen molar-refractivity contribution in [2.75, 3.05) is 18.0 Å². The fraction of sp³-hybridized carbons (Fsp3) is 1.00. The molecule has 0 saturated carbocycles. The van der Waals surface area contributed by atoms with Crippen LogP contribution in [-0.4, -0.2) is 18.0 Å². The fourth-order valence-corrected chi connectivity index (χ4v) is 0.566. The lowest BCUT2D eigenvalue weighted by atomic mass is 10.2. The molecule has 3 heteroatoms. The molecule has 0 aliphatic rings. The van der Waals surface area contributed by atoms with E-state index in [0.717, 1.165) is 11.9 Å². The first kappa shape index (κ1) is 8.73. The van der Waals surface area contributed by atoms with Crippen molar-refractivity contribution in [3.8, 4) is 0 Å². The summed E-state index contributed by atoms with van der Waals surface area (Å²) in [5, 5.41) is 0.976. The molecule has 0 saturated heterocycles. The van der Waals surface area contributed by atoms with Crippen molar-refractivity contribution in [2.45, 2.75) is 6.92 Å². The fourth-order valence-electron chi connectivity index (χ4n) is 0.290. The molecular formula is C5H10BrClO. The van der Waals surface area contributed by atoms with Crippen molar-refractivity contribution in [1.29, 1.82) is 0 Å². The Bertz CT molecular complexity index is 51.7. The maximum atomic E-state index is 5.27. The monoisotopic (exact) mass is 200 g/mol. The van der Waals surface area contributed by atoms with Gasteiger partial charge in [0.15, 0.2) is 0 Å². The first-order valence-corrected chi connectivity index (χ1v) is 4.16. The van der Waals surface area contributed by atoms with Crippen LogP contribution in [0.2, 0.25) is 0 Å². The van der Waals surface area contributed by atoms with Crippen molar-refractivity contribution in [2.24, 2.45) is 5.92 Å². The van der Waals surface area contributed by atoms with Crippen LogP contribution in [0.3, 0.4) is 0 Å². The second kappa shape index (κ2) is 5.86. The highest BCUT2D eigenvalue weighted by Crippen LogP contribution is 1.99. The van der Waals surface area contributed by atoms with Crippen molar-refractivity contribution in [3.05, 3.63) is 0 Å². The molecule has 0 spiro atoms. The summed E-state index contributed by atoms with van der Waals surface area (Å²) in [4.78, 5) is 0. The van der Waals surface area contributed by atoms with Crippen LogP contribution >= 0.6 is 27.5 Å². The van der Waals surface area contributed by atoms with Gasteiger partial charge in [-0.2, -0.15) is 0 Å². The minimum Gasteiger partial charge on any atom is -0.365 e. The molecule has 0 aromatic carbocycles. The number of alkyl halides is 2. The number of halogens is 2. The summed E-state index contributed by atoms with van der Waals surface area (Å²) < 4.78 is 4.92. The Labute approximate surface area is 63.5 Å². The average molecular weight is 201 g/mol. The maximum absolute atomic E-state index is 5.27. The van der Waals surface area contributed by atoms with Gasteiger partial charge in [-0.25, -0.2) is 0 Å². The molecule has 0 bridgehead atoms. The molecular weight excluding hydrogens is 191 g/mol. The molecule has 0 rings (SSSR count). The Hall–Kier alpha value is 0.730. The molecule has 50 valence electrons. The molecule has 8 heavy (non-hydrogen) atoms. The van der Waals surface area contributed by atoms with Gasteiger partial charge in [0.25, 0.3) is 0 Å².